The number of aryl methyl sites for hydroxylation is 1. The van der Waals surface area contributed by atoms with Crippen LogP contribution in [0, 0.1) is 6.92 Å². The number of rotatable bonds is 2. The highest BCUT2D eigenvalue weighted by atomic mass is 35.5. The van der Waals surface area contributed by atoms with Gasteiger partial charge in [-0.15, -0.1) is 11.6 Å². The summed E-state index contributed by atoms with van der Waals surface area (Å²) in [5, 5.41) is -0.114. The fourth-order valence-corrected chi connectivity index (χ4v) is 2.90. The second-order valence-electron chi connectivity index (χ2n) is 6.20. The van der Waals surface area contributed by atoms with Crippen LogP contribution in [-0.4, -0.2) is 6.61 Å². The first-order valence-electron chi connectivity index (χ1n) is 6.95. The van der Waals surface area contributed by atoms with Crippen molar-refractivity contribution in [1.29, 1.82) is 0 Å². The molecule has 0 aliphatic carbocycles. The zero-order valence-corrected chi connectivity index (χ0v) is 12.9. The molecule has 2 aromatic carbocycles. The lowest BCUT2D eigenvalue weighted by Gasteiger charge is -2.17. The molecule has 3 rings (SSSR count). The van der Waals surface area contributed by atoms with Crippen LogP contribution >= 0.6 is 11.6 Å². The SMILES string of the molecule is Cc1ccc(C(Cl)c2ccc3c(c2)C(C)(C)CO3)cc1. The van der Waals surface area contributed by atoms with Gasteiger partial charge in [-0.05, 0) is 30.2 Å². The summed E-state index contributed by atoms with van der Waals surface area (Å²) < 4.78 is 5.73. The molecule has 0 saturated heterocycles. The van der Waals surface area contributed by atoms with Gasteiger partial charge in [0.25, 0.3) is 0 Å². The third kappa shape index (κ3) is 2.31. The molecular weight excluding hydrogens is 268 g/mol. The Morgan fingerprint density at radius 2 is 1.70 bits per heavy atom. The largest absolute Gasteiger partial charge is 0.492 e. The van der Waals surface area contributed by atoms with E-state index in [2.05, 4.69) is 57.2 Å². The molecular formula is C18H19ClO. The maximum Gasteiger partial charge on any atom is 0.123 e. The van der Waals surface area contributed by atoms with Gasteiger partial charge in [0.05, 0.1) is 12.0 Å². The van der Waals surface area contributed by atoms with Gasteiger partial charge in [0.1, 0.15) is 5.75 Å². The van der Waals surface area contributed by atoms with Crippen molar-refractivity contribution in [2.45, 2.75) is 31.6 Å². The minimum atomic E-state index is -0.114. The summed E-state index contributed by atoms with van der Waals surface area (Å²) in [6.07, 6.45) is 0. The van der Waals surface area contributed by atoms with Crippen LogP contribution in [0.5, 0.6) is 5.75 Å². The third-order valence-corrected chi connectivity index (χ3v) is 4.49. The van der Waals surface area contributed by atoms with E-state index in [-0.39, 0.29) is 10.8 Å². The van der Waals surface area contributed by atoms with Crippen molar-refractivity contribution >= 4 is 11.6 Å². The van der Waals surface area contributed by atoms with Crippen molar-refractivity contribution in [3.63, 3.8) is 0 Å². The van der Waals surface area contributed by atoms with Gasteiger partial charge in [0.15, 0.2) is 0 Å². The molecule has 1 aliphatic rings. The van der Waals surface area contributed by atoms with Gasteiger partial charge in [0, 0.05) is 11.0 Å². The lowest BCUT2D eigenvalue weighted by atomic mass is 9.85. The molecule has 104 valence electrons. The summed E-state index contributed by atoms with van der Waals surface area (Å²) in [6.45, 7) is 7.24. The van der Waals surface area contributed by atoms with Gasteiger partial charge in [-0.2, -0.15) is 0 Å². The zero-order chi connectivity index (χ0) is 14.3. The van der Waals surface area contributed by atoms with Crippen molar-refractivity contribution < 1.29 is 4.74 Å². The zero-order valence-electron chi connectivity index (χ0n) is 12.1. The molecule has 2 heteroatoms. The maximum absolute atomic E-state index is 6.64. The highest BCUT2D eigenvalue weighted by Gasteiger charge is 2.32. The molecule has 0 N–H and O–H groups in total. The summed E-state index contributed by atoms with van der Waals surface area (Å²) in [6, 6.07) is 14.7. The van der Waals surface area contributed by atoms with Gasteiger partial charge < -0.3 is 4.74 Å². The first-order chi connectivity index (χ1) is 9.47. The van der Waals surface area contributed by atoms with E-state index < -0.39 is 0 Å². The van der Waals surface area contributed by atoms with E-state index in [0.29, 0.717) is 0 Å². The minimum Gasteiger partial charge on any atom is -0.492 e. The van der Waals surface area contributed by atoms with Crippen LogP contribution in [0.25, 0.3) is 0 Å². The Morgan fingerprint density at radius 3 is 2.40 bits per heavy atom. The van der Waals surface area contributed by atoms with E-state index in [0.717, 1.165) is 23.5 Å². The average Bonchev–Trinajstić information content (AvgIpc) is 2.74. The van der Waals surface area contributed by atoms with Crippen LogP contribution in [0.1, 0.15) is 41.5 Å². The van der Waals surface area contributed by atoms with E-state index in [1.165, 1.54) is 11.1 Å². The van der Waals surface area contributed by atoms with Gasteiger partial charge in [-0.25, -0.2) is 0 Å². The standard InChI is InChI=1S/C18H19ClO/c1-12-4-6-13(7-5-12)17(19)14-8-9-16-15(10-14)18(2,3)11-20-16/h4-10,17H,11H2,1-3H3. The topological polar surface area (TPSA) is 9.23 Å². The molecule has 0 saturated carbocycles. The first-order valence-corrected chi connectivity index (χ1v) is 7.39. The van der Waals surface area contributed by atoms with Crippen LogP contribution in [0.4, 0.5) is 0 Å². The van der Waals surface area contributed by atoms with Crippen LogP contribution < -0.4 is 4.74 Å². The Labute approximate surface area is 125 Å². The second-order valence-corrected chi connectivity index (χ2v) is 6.64. The maximum atomic E-state index is 6.64. The molecule has 0 bridgehead atoms. The lowest BCUT2D eigenvalue weighted by molar-refractivity contribution is 0.291. The number of benzene rings is 2. The molecule has 1 nitrogen and oxygen atoms in total. The van der Waals surface area contributed by atoms with Crippen LogP contribution in [-0.2, 0) is 5.41 Å². The number of hydrogen-bond donors (Lipinski definition) is 0. The molecule has 20 heavy (non-hydrogen) atoms. The number of hydrogen-bond acceptors (Lipinski definition) is 1. The quantitative estimate of drug-likeness (QED) is 0.707. The van der Waals surface area contributed by atoms with Crippen molar-refractivity contribution in [3.8, 4) is 5.75 Å². The summed E-state index contributed by atoms with van der Waals surface area (Å²) in [4.78, 5) is 0. The van der Waals surface area contributed by atoms with Gasteiger partial charge in [-0.1, -0.05) is 49.7 Å². The molecule has 1 unspecified atom stereocenters. The summed E-state index contributed by atoms with van der Waals surface area (Å²) in [7, 11) is 0. The van der Waals surface area contributed by atoms with Crippen molar-refractivity contribution in [2.24, 2.45) is 0 Å². The summed E-state index contributed by atoms with van der Waals surface area (Å²) in [5.74, 6) is 0.992. The summed E-state index contributed by atoms with van der Waals surface area (Å²) >= 11 is 6.64. The molecule has 0 amide bonds. The smallest absolute Gasteiger partial charge is 0.123 e. The molecule has 2 aromatic rings. The number of ether oxygens (including phenoxy) is 1. The molecule has 0 radical (unpaired) electrons. The highest BCUT2D eigenvalue weighted by Crippen LogP contribution is 2.41. The van der Waals surface area contributed by atoms with Crippen molar-refractivity contribution in [2.75, 3.05) is 6.61 Å². The monoisotopic (exact) mass is 286 g/mol. The Kier molecular flexibility index (Phi) is 3.25. The Bertz CT molecular complexity index is 628. The lowest BCUT2D eigenvalue weighted by Crippen LogP contribution is -2.18. The Hall–Kier alpha value is -1.47. The third-order valence-electron chi connectivity index (χ3n) is 3.98. The van der Waals surface area contributed by atoms with E-state index in [4.69, 9.17) is 16.3 Å². The second kappa shape index (κ2) is 4.82. The molecule has 1 heterocycles. The van der Waals surface area contributed by atoms with E-state index >= 15 is 0 Å². The molecule has 0 spiro atoms. The normalized spacial score (nSPS) is 17.4. The molecule has 0 aromatic heterocycles. The van der Waals surface area contributed by atoms with Gasteiger partial charge >= 0.3 is 0 Å². The fourth-order valence-electron chi connectivity index (χ4n) is 2.62. The van der Waals surface area contributed by atoms with E-state index in [1.54, 1.807) is 0 Å². The van der Waals surface area contributed by atoms with Gasteiger partial charge in [0.2, 0.25) is 0 Å². The average molecular weight is 287 g/mol. The van der Waals surface area contributed by atoms with Crippen LogP contribution in [0.3, 0.4) is 0 Å². The molecule has 0 fully saturated rings. The van der Waals surface area contributed by atoms with Gasteiger partial charge in [-0.3, -0.25) is 0 Å². The van der Waals surface area contributed by atoms with E-state index in [1.807, 2.05) is 6.07 Å². The fraction of sp³-hybridized carbons (Fsp3) is 0.333. The first kappa shape index (κ1) is 13.5. The molecule has 1 atom stereocenters. The van der Waals surface area contributed by atoms with Crippen molar-refractivity contribution in [1.82, 2.24) is 0 Å². The number of alkyl halides is 1. The predicted molar refractivity (Wildman–Crippen MR) is 83.8 cm³/mol. The predicted octanol–water partition coefficient (Wildman–Crippen LogP) is 4.99. The Balaban J connectivity index is 1.97. The Morgan fingerprint density at radius 1 is 1.05 bits per heavy atom. The number of halogens is 1. The van der Waals surface area contributed by atoms with Crippen LogP contribution in [0.2, 0.25) is 0 Å². The minimum absolute atomic E-state index is 0.0647. The van der Waals surface area contributed by atoms with E-state index in [9.17, 15) is 0 Å². The molecule has 1 aliphatic heterocycles. The van der Waals surface area contributed by atoms with Crippen molar-refractivity contribution in [3.05, 3.63) is 64.7 Å². The number of fused-ring (bicyclic) bond motifs is 1. The summed E-state index contributed by atoms with van der Waals surface area (Å²) in [5.41, 5.74) is 4.84. The highest BCUT2D eigenvalue weighted by molar-refractivity contribution is 6.22. The van der Waals surface area contributed by atoms with Crippen LogP contribution in [0.15, 0.2) is 42.5 Å².